The normalized spacial score (nSPS) is 19.0. The van der Waals surface area contributed by atoms with E-state index >= 15 is 0 Å². The molecule has 1 aliphatic rings. The Balaban J connectivity index is 1.95. The maximum absolute atomic E-state index is 10.6. The van der Waals surface area contributed by atoms with E-state index in [1.165, 1.54) is 30.6 Å². The number of piperidine rings is 1. The van der Waals surface area contributed by atoms with Crippen LogP contribution in [0.4, 0.5) is 0 Å². The van der Waals surface area contributed by atoms with Crippen LogP contribution in [0, 0.1) is 5.41 Å². The lowest BCUT2D eigenvalue weighted by molar-refractivity contribution is -0.113. The second kappa shape index (κ2) is 9.21. The maximum atomic E-state index is 10.6. The molecular weight excluding hydrogens is 322 g/mol. The monoisotopic (exact) mass is 343 g/mol. The highest BCUT2D eigenvalue weighted by Crippen LogP contribution is 2.23. The lowest BCUT2D eigenvalue weighted by Crippen LogP contribution is -2.28. The molecule has 1 aliphatic heterocycles. The molecule has 24 heavy (non-hydrogen) atoms. The van der Waals surface area contributed by atoms with Crippen molar-refractivity contribution in [3.8, 4) is 0 Å². The van der Waals surface area contributed by atoms with Crippen LogP contribution in [0.3, 0.4) is 0 Å². The number of rotatable bonds is 6. The third-order valence-corrected chi connectivity index (χ3v) is 4.17. The average molecular weight is 344 g/mol. The van der Waals surface area contributed by atoms with E-state index in [0.29, 0.717) is 16.7 Å². The number of benzene rings is 1. The molecule has 1 aromatic carbocycles. The fourth-order valence-electron chi connectivity index (χ4n) is 2.62. The van der Waals surface area contributed by atoms with E-state index < -0.39 is 5.91 Å². The van der Waals surface area contributed by atoms with Gasteiger partial charge in [-0.3, -0.25) is 4.79 Å². The maximum Gasteiger partial charge on any atom is 0.241 e. The van der Waals surface area contributed by atoms with Gasteiger partial charge < -0.3 is 16.5 Å². The van der Waals surface area contributed by atoms with E-state index in [1.807, 2.05) is 12.1 Å². The highest BCUT2D eigenvalue weighted by Gasteiger charge is 2.14. The first-order chi connectivity index (χ1) is 11.6. The third kappa shape index (κ3) is 5.80. The Kier molecular flexibility index (Phi) is 6.97. The lowest BCUT2D eigenvalue weighted by Gasteiger charge is -2.23. The molecule has 0 aromatic heterocycles. The van der Waals surface area contributed by atoms with Crippen molar-refractivity contribution in [1.29, 1.82) is 5.41 Å². The van der Waals surface area contributed by atoms with Gasteiger partial charge in [-0.15, -0.1) is 0 Å². The highest BCUT2D eigenvalue weighted by atomic mass is 35.5. The number of hydrogen-bond acceptors (Lipinski definition) is 3. The van der Waals surface area contributed by atoms with E-state index in [1.54, 1.807) is 18.2 Å². The van der Waals surface area contributed by atoms with Gasteiger partial charge in [0.1, 0.15) is 0 Å². The van der Waals surface area contributed by atoms with Crippen molar-refractivity contribution in [2.45, 2.75) is 18.8 Å². The minimum absolute atomic E-state index is 0.373. The Hall–Kier alpha value is -2.17. The topological polar surface area (TPSA) is 79.0 Å². The van der Waals surface area contributed by atoms with E-state index in [0.717, 1.165) is 18.7 Å². The molecule has 1 saturated heterocycles. The van der Waals surface area contributed by atoms with E-state index in [4.69, 9.17) is 22.7 Å². The van der Waals surface area contributed by atoms with Gasteiger partial charge in [0.15, 0.2) is 0 Å². The zero-order valence-corrected chi connectivity index (χ0v) is 14.2. The standard InChI is InChI=1S/C19H22ClN3O/c20-17(10-11-19(22)24)4-1-5-18(21)15-8-6-14(7-9-15)16-3-2-12-23-13-16/h1,4-11,16,21,23H,2-3,12-13H2,(H2,22,24)/b5-1-,11-10+,17-4-,21-18?. The molecule has 0 aliphatic carbocycles. The Bertz CT molecular complexity index is 668. The van der Waals surface area contributed by atoms with Gasteiger partial charge in [-0.05, 0) is 54.7 Å². The summed E-state index contributed by atoms with van der Waals surface area (Å²) in [6.45, 7) is 2.13. The number of primary amides is 1. The average Bonchev–Trinajstić information content (AvgIpc) is 2.61. The number of nitrogens with two attached hydrogens (primary N) is 1. The summed E-state index contributed by atoms with van der Waals surface area (Å²) in [5.41, 5.74) is 7.58. The largest absolute Gasteiger partial charge is 0.366 e. The van der Waals surface area contributed by atoms with Crippen LogP contribution in [-0.2, 0) is 4.79 Å². The van der Waals surface area contributed by atoms with Crippen molar-refractivity contribution in [1.82, 2.24) is 5.32 Å². The van der Waals surface area contributed by atoms with E-state index in [-0.39, 0.29) is 0 Å². The molecule has 2 rings (SSSR count). The summed E-state index contributed by atoms with van der Waals surface area (Å²) < 4.78 is 0. The summed E-state index contributed by atoms with van der Waals surface area (Å²) in [6, 6.07) is 8.17. The Morgan fingerprint density at radius 1 is 1.25 bits per heavy atom. The number of carbonyl (C=O) groups excluding carboxylic acids is 1. The van der Waals surface area contributed by atoms with Gasteiger partial charge in [0.25, 0.3) is 0 Å². The minimum Gasteiger partial charge on any atom is -0.366 e. The van der Waals surface area contributed by atoms with Crippen molar-refractivity contribution >= 4 is 23.2 Å². The summed E-state index contributed by atoms with van der Waals surface area (Å²) in [4.78, 5) is 10.6. The molecule has 0 spiro atoms. The zero-order chi connectivity index (χ0) is 17.4. The lowest BCUT2D eigenvalue weighted by atomic mass is 9.91. The zero-order valence-electron chi connectivity index (χ0n) is 13.5. The molecule has 4 nitrogen and oxygen atoms in total. The quantitative estimate of drug-likeness (QED) is 0.421. The Labute approximate surface area is 147 Å². The first-order valence-electron chi connectivity index (χ1n) is 7.97. The molecule has 5 heteroatoms. The van der Waals surface area contributed by atoms with Crippen LogP contribution in [0.1, 0.15) is 29.9 Å². The van der Waals surface area contributed by atoms with Crippen molar-refractivity contribution < 1.29 is 4.79 Å². The minimum atomic E-state index is -0.550. The molecule has 1 fully saturated rings. The molecule has 1 amide bonds. The summed E-state index contributed by atoms with van der Waals surface area (Å²) in [5.74, 6) is 0.0165. The van der Waals surface area contributed by atoms with Crippen molar-refractivity contribution in [2.75, 3.05) is 13.1 Å². The fraction of sp³-hybridized carbons (Fsp3) is 0.263. The van der Waals surface area contributed by atoms with Crippen LogP contribution in [0.25, 0.3) is 0 Å². The first kappa shape index (κ1) is 18.2. The molecule has 1 atom stereocenters. The predicted molar refractivity (Wildman–Crippen MR) is 99.5 cm³/mol. The number of nitrogens with one attached hydrogen (secondary N) is 2. The van der Waals surface area contributed by atoms with Crippen LogP contribution in [-0.4, -0.2) is 24.7 Å². The van der Waals surface area contributed by atoms with Gasteiger partial charge in [-0.1, -0.05) is 41.9 Å². The van der Waals surface area contributed by atoms with Gasteiger partial charge in [0.2, 0.25) is 5.91 Å². The van der Waals surface area contributed by atoms with Gasteiger partial charge in [0.05, 0.1) is 5.71 Å². The Morgan fingerprint density at radius 3 is 2.62 bits per heavy atom. The molecule has 1 aromatic rings. The van der Waals surface area contributed by atoms with Crippen molar-refractivity contribution in [3.63, 3.8) is 0 Å². The number of amides is 1. The number of hydrogen-bond donors (Lipinski definition) is 3. The number of halogens is 1. The summed E-state index contributed by atoms with van der Waals surface area (Å²) >= 11 is 5.90. The molecule has 126 valence electrons. The summed E-state index contributed by atoms with van der Waals surface area (Å²) in [7, 11) is 0. The van der Waals surface area contributed by atoms with Gasteiger partial charge in [0, 0.05) is 17.7 Å². The van der Waals surface area contributed by atoms with Crippen LogP contribution in [0.2, 0.25) is 0 Å². The fourth-order valence-corrected chi connectivity index (χ4v) is 2.76. The van der Waals surface area contributed by atoms with Crippen molar-refractivity contribution in [2.24, 2.45) is 5.73 Å². The van der Waals surface area contributed by atoms with E-state index in [2.05, 4.69) is 17.4 Å². The smallest absolute Gasteiger partial charge is 0.241 e. The van der Waals surface area contributed by atoms with E-state index in [9.17, 15) is 4.79 Å². The van der Waals surface area contributed by atoms with Gasteiger partial charge in [-0.2, -0.15) is 0 Å². The van der Waals surface area contributed by atoms with Crippen LogP contribution in [0.5, 0.6) is 0 Å². The summed E-state index contributed by atoms with van der Waals surface area (Å²) in [6.07, 6.45) is 9.99. The molecule has 1 heterocycles. The number of carbonyl (C=O) groups is 1. The van der Waals surface area contributed by atoms with Gasteiger partial charge in [-0.25, -0.2) is 0 Å². The van der Waals surface area contributed by atoms with Crippen LogP contribution >= 0.6 is 11.6 Å². The second-order valence-corrected chi connectivity index (χ2v) is 6.16. The van der Waals surface area contributed by atoms with Crippen molar-refractivity contribution in [3.05, 3.63) is 70.8 Å². The molecule has 4 N–H and O–H groups in total. The third-order valence-electron chi connectivity index (χ3n) is 3.92. The predicted octanol–water partition coefficient (Wildman–Crippen LogP) is 3.24. The highest BCUT2D eigenvalue weighted by molar-refractivity contribution is 6.31. The first-order valence-corrected chi connectivity index (χ1v) is 8.35. The van der Waals surface area contributed by atoms with Crippen LogP contribution in [0.15, 0.2) is 59.7 Å². The number of allylic oxidation sites excluding steroid dienone is 5. The molecule has 0 radical (unpaired) electrons. The second-order valence-electron chi connectivity index (χ2n) is 5.73. The Morgan fingerprint density at radius 2 is 2.00 bits per heavy atom. The molecular formula is C19H22ClN3O. The molecule has 0 saturated carbocycles. The van der Waals surface area contributed by atoms with Gasteiger partial charge >= 0.3 is 0 Å². The van der Waals surface area contributed by atoms with Crippen LogP contribution < -0.4 is 11.1 Å². The summed E-state index contributed by atoms with van der Waals surface area (Å²) in [5, 5.41) is 11.9. The molecule has 0 bridgehead atoms. The molecule has 1 unspecified atom stereocenters. The SMILES string of the molecule is N=C(\C=C/C=C(Cl)/C=C/C(N)=O)c1ccc(C2CCCNC2)cc1.